The minimum Gasteiger partial charge on any atom is -0.411 e. The van der Waals surface area contributed by atoms with Crippen molar-refractivity contribution in [2.75, 3.05) is 0 Å². The predicted octanol–water partition coefficient (Wildman–Crippen LogP) is 5.17. The van der Waals surface area contributed by atoms with Gasteiger partial charge in [0.05, 0.1) is 6.10 Å². The molecule has 124 valence electrons. The maximum absolute atomic E-state index is 9.66. The summed E-state index contributed by atoms with van der Waals surface area (Å²) in [7, 11) is 0. The third-order valence-electron chi connectivity index (χ3n) is 3.13. The van der Waals surface area contributed by atoms with Crippen molar-refractivity contribution in [1.29, 1.82) is 0 Å². The van der Waals surface area contributed by atoms with Crippen LogP contribution in [-0.4, -0.2) is 22.6 Å². The zero-order valence-corrected chi connectivity index (χ0v) is 13.8. The van der Waals surface area contributed by atoms with E-state index >= 15 is 0 Å². The average Bonchev–Trinajstić information content (AvgIpc) is 2.52. The SMILES string of the molecule is CCCCC/C=C\C\C=C/C=C/C=C/C(O)CCC/C=N/O. The molecule has 1 atom stereocenters. The molecule has 0 saturated carbocycles. The average molecular weight is 305 g/mol. The van der Waals surface area contributed by atoms with Gasteiger partial charge < -0.3 is 10.3 Å². The zero-order valence-electron chi connectivity index (χ0n) is 13.8. The number of nitrogens with zero attached hydrogens (tertiary/aromatic N) is 1. The lowest BCUT2D eigenvalue weighted by atomic mass is 10.1. The van der Waals surface area contributed by atoms with E-state index < -0.39 is 6.10 Å². The zero-order chi connectivity index (χ0) is 16.3. The van der Waals surface area contributed by atoms with E-state index in [2.05, 4.69) is 30.3 Å². The smallest absolute Gasteiger partial charge is 0.0724 e. The molecule has 1 unspecified atom stereocenters. The molecule has 0 aromatic heterocycles. The Bertz CT molecular complexity index is 368. The molecule has 0 heterocycles. The monoisotopic (exact) mass is 305 g/mol. The summed E-state index contributed by atoms with van der Waals surface area (Å²) in [6.07, 6.45) is 25.3. The molecule has 0 amide bonds. The quantitative estimate of drug-likeness (QED) is 0.123. The Morgan fingerprint density at radius 2 is 1.73 bits per heavy atom. The van der Waals surface area contributed by atoms with E-state index in [0.717, 1.165) is 12.8 Å². The van der Waals surface area contributed by atoms with Crippen molar-refractivity contribution in [2.45, 2.75) is 64.4 Å². The van der Waals surface area contributed by atoms with Gasteiger partial charge in [-0.2, -0.15) is 0 Å². The molecule has 0 aliphatic rings. The van der Waals surface area contributed by atoms with Gasteiger partial charge in [-0.05, 0) is 38.5 Å². The van der Waals surface area contributed by atoms with E-state index in [9.17, 15) is 5.11 Å². The fourth-order valence-corrected chi connectivity index (χ4v) is 1.85. The van der Waals surface area contributed by atoms with E-state index in [-0.39, 0.29) is 0 Å². The van der Waals surface area contributed by atoms with E-state index in [0.29, 0.717) is 12.8 Å². The molecular weight excluding hydrogens is 274 g/mol. The first-order valence-corrected chi connectivity index (χ1v) is 8.30. The van der Waals surface area contributed by atoms with Crippen LogP contribution < -0.4 is 0 Å². The molecule has 0 aliphatic heterocycles. The highest BCUT2D eigenvalue weighted by Gasteiger charge is 1.96. The van der Waals surface area contributed by atoms with Crippen molar-refractivity contribution in [1.82, 2.24) is 0 Å². The number of hydrogen-bond donors (Lipinski definition) is 2. The third-order valence-corrected chi connectivity index (χ3v) is 3.13. The van der Waals surface area contributed by atoms with Gasteiger partial charge in [-0.25, -0.2) is 0 Å². The normalized spacial score (nSPS) is 14.5. The number of oxime groups is 1. The third kappa shape index (κ3) is 16.4. The second-order valence-electron chi connectivity index (χ2n) is 5.20. The molecule has 0 bridgehead atoms. The molecule has 0 saturated heterocycles. The Morgan fingerprint density at radius 1 is 0.909 bits per heavy atom. The molecule has 0 rings (SSSR count). The van der Waals surface area contributed by atoms with Gasteiger partial charge in [0.2, 0.25) is 0 Å². The molecule has 22 heavy (non-hydrogen) atoms. The second kappa shape index (κ2) is 17.4. The van der Waals surface area contributed by atoms with Crippen molar-refractivity contribution >= 4 is 6.21 Å². The maximum Gasteiger partial charge on any atom is 0.0724 e. The molecule has 3 heteroatoms. The molecule has 0 spiro atoms. The Labute approximate surface area is 135 Å². The van der Waals surface area contributed by atoms with E-state index in [1.165, 1.54) is 31.9 Å². The van der Waals surface area contributed by atoms with E-state index in [4.69, 9.17) is 5.21 Å². The first kappa shape index (κ1) is 20.4. The summed E-state index contributed by atoms with van der Waals surface area (Å²) in [6, 6.07) is 0. The number of rotatable bonds is 13. The van der Waals surface area contributed by atoms with Gasteiger partial charge in [0.1, 0.15) is 0 Å². The topological polar surface area (TPSA) is 52.8 Å². The van der Waals surface area contributed by atoms with Crippen LogP contribution in [0.5, 0.6) is 0 Å². The first-order valence-electron chi connectivity index (χ1n) is 8.30. The van der Waals surface area contributed by atoms with Crippen molar-refractivity contribution in [2.24, 2.45) is 5.16 Å². The lowest BCUT2D eigenvalue weighted by molar-refractivity contribution is 0.210. The van der Waals surface area contributed by atoms with Crippen LogP contribution in [0.4, 0.5) is 0 Å². The number of aliphatic hydroxyl groups is 1. The molecule has 0 fully saturated rings. The fourth-order valence-electron chi connectivity index (χ4n) is 1.85. The summed E-state index contributed by atoms with van der Waals surface area (Å²) < 4.78 is 0. The number of aliphatic hydroxyl groups excluding tert-OH is 1. The standard InChI is InChI=1S/C19H31NO2/c1-2-3-4-5-6-7-8-9-10-11-12-13-16-19(21)17-14-15-18-20-22/h6-7,9-13,16,18-19,21-22H,2-5,8,14-15,17H2,1H3/b7-6-,10-9-,12-11+,16-13+,20-18+. The summed E-state index contributed by atoms with van der Waals surface area (Å²) in [4.78, 5) is 0. The van der Waals surface area contributed by atoms with Gasteiger partial charge in [-0.15, -0.1) is 5.16 Å². The predicted molar refractivity (Wildman–Crippen MR) is 95.5 cm³/mol. The largest absolute Gasteiger partial charge is 0.411 e. The van der Waals surface area contributed by atoms with Crippen LogP contribution in [0.15, 0.2) is 53.8 Å². The van der Waals surface area contributed by atoms with Crippen molar-refractivity contribution in [3.05, 3.63) is 48.6 Å². The Kier molecular flexibility index (Phi) is 16.2. The highest BCUT2D eigenvalue weighted by atomic mass is 16.4. The summed E-state index contributed by atoms with van der Waals surface area (Å²) in [5, 5.41) is 20.8. The lowest BCUT2D eigenvalue weighted by Crippen LogP contribution is -2.01. The number of allylic oxidation sites excluding steroid dienone is 7. The van der Waals surface area contributed by atoms with Gasteiger partial charge in [-0.3, -0.25) is 0 Å². The van der Waals surface area contributed by atoms with Crippen LogP contribution in [0.25, 0.3) is 0 Å². The molecule has 3 nitrogen and oxygen atoms in total. The lowest BCUT2D eigenvalue weighted by Gasteiger charge is -2.01. The van der Waals surface area contributed by atoms with Crippen molar-refractivity contribution in [3.63, 3.8) is 0 Å². The highest BCUT2D eigenvalue weighted by Crippen LogP contribution is 2.02. The molecule has 0 aromatic carbocycles. The fraction of sp³-hybridized carbons (Fsp3) is 0.526. The van der Waals surface area contributed by atoms with Crippen molar-refractivity contribution < 1.29 is 10.3 Å². The van der Waals surface area contributed by atoms with Crippen LogP contribution in [0.1, 0.15) is 58.3 Å². The summed E-state index contributed by atoms with van der Waals surface area (Å²) in [5.41, 5.74) is 0. The summed E-state index contributed by atoms with van der Waals surface area (Å²) in [5.74, 6) is 0. The Balaban J connectivity index is 3.62. The van der Waals surface area contributed by atoms with E-state index in [1.54, 1.807) is 6.08 Å². The number of hydrogen-bond acceptors (Lipinski definition) is 3. The van der Waals surface area contributed by atoms with Crippen molar-refractivity contribution in [3.8, 4) is 0 Å². The Hall–Kier alpha value is -1.61. The summed E-state index contributed by atoms with van der Waals surface area (Å²) >= 11 is 0. The molecular formula is C19H31NO2. The molecule has 0 aliphatic carbocycles. The highest BCUT2D eigenvalue weighted by molar-refractivity contribution is 5.55. The molecule has 0 radical (unpaired) electrons. The van der Waals surface area contributed by atoms with Gasteiger partial charge >= 0.3 is 0 Å². The van der Waals surface area contributed by atoms with Gasteiger partial charge in [0, 0.05) is 6.21 Å². The molecule has 0 aromatic rings. The van der Waals surface area contributed by atoms with Crippen LogP contribution in [0.3, 0.4) is 0 Å². The second-order valence-corrected chi connectivity index (χ2v) is 5.20. The minimum atomic E-state index is -0.438. The van der Waals surface area contributed by atoms with Gasteiger partial charge in [0.25, 0.3) is 0 Å². The first-order chi connectivity index (χ1) is 10.8. The summed E-state index contributed by atoms with van der Waals surface area (Å²) in [6.45, 7) is 2.22. The van der Waals surface area contributed by atoms with E-state index in [1.807, 2.05) is 24.3 Å². The van der Waals surface area contributed by atoms with Crippen LogP contribution >= 0.6 is 0 Å². The van der Waals surface area contributed by atoms with Gasteiger partial charge in [0.15, 0.2) is 0 Å². The Morgan fingerprint density at radius 3 is 2.50 bits per heavy atom. The molecule has 2 N–H and O–H groups in total. The van der Waals surface area contributed by atoms with Gasteiger partial charge in [-0.1, -0.05) is 68.4 Å². The number of unbranched alkanes of at least 4 members (excludes halogenated alkanes) is 4. The van der Waals surface area contributed by atoms with Crippen LogP contribution in [0, 0.1) is 0 Å². The minimum absolute atomic E-state index is 0.438. The van der Waals surface area contributed by atoms with Crippen LogP contribution in [-0.2, 0) is 0 Å². The maximum atomic E-state index is 9.66. The van der Waals surface area contributed by atoms with Crippen LogP contribution in [0.2, 0.25) is 0 Å².